The summed E-state index contributed by atoms with van der Waals surface area (Å²) >= 11 is 1.27. The largest absolute Gasteiger partial charge is 0.349 e. The highest BCUT2D eigenvalue weighted by molar-refractivity contribution is 7.99. The number of hydrogen-bond donors (Lipinski definition) is 2. The minimum absolute atomic E-state index is 0.0851. The Hall–Kier alpha value is -3.20. The summed E-state index contributed by atoms with van der Waals surface area (Å²) in [6.07, 6.45) is 1.93. The van der Waals surface area contributed by atoms with E-state index in [0.717, 1.165) is 5.56 Å². The van der Waals surface area contributed by atoms with Crippen LogP contribution in [0.15, 0.2) is 59.9 Å². The Morgan fingerprint density at radius 3 is 2.57 bits per heavy atom. The fourth-order valence-electron chi connectivity index (χ4n) is 2.39. The molecule has 9 heteroatoms. The Morgan fingerprint density at radius 2 is 1.82 bits per heavy atom. The van der Waals surface area contributed by atoms with Crippen molar-refractivity contribution in [1.82, 2.24) is 25.1 Å². The zero-order valence-electron chi connectivity index (χ0n) is 15.3. The van der Waals surface area contributed by atoms with E-state index in [1.807, 2.05) is 30.3 Å². The van der Waals surface area contributed by atoms with Crippen molar-refractivity contribution in [3.05, 3.63) is 66.1 Å². The number of anilines is 1. The van der Waals surface area contributed by atoms with Crippen LogP contribution in [0.25, 0.3) is 0 Å². The summed E-state index contributed by atoms with van der Waals surface area (Å²) in [7, 11) is 1.80. The lowest BCUT2D eigenvalue weighted by Gasteiger charge is -2.06. The molecule has 0 aliphatic carbocycles. The summed E-state index contributed by atoms with van der Waals surface area (Å²) in [6.45, 7) is 0.274. The van der Waals surface area contributed by atoms with Crippen LogP contribution in [0.1, 0.15) is 11.4 Å². The Kier molecular flexibility index (Phi) is 6.74. The molecule has 1 aromatic carbocycles. The van der Waals surface area contributed by atoms with Gasteiger partial charge in [0.05, 0.1) is 18.7 Å². The Balaban J connectivity index is 1.46. The van der Waals surface area contributed by atoms with Gasteiger partial charge in [-0.25, -0.2) is 4.98 Å². The van der Waals surface area contributed by atoms with E-state index >= 15 is 0 Å². The lowest BCUT2D eigenvalue weighted by Crippen LogP contribution is -2.26. The fraction of sp³-hybridized carbons (Fsp3) is 0.211. The van der Waals surface area contributed by atoms with Crippen LogP contribution in [0, 0.1) is 0 Å². The molecule has 0 aliphatic rings. The summed E-state index contributed by atoms with van der Waals surface area (Å²) in [6, 6.07) is 14.8. The number of benzene rings is 1. The summed E-state index contributed by atoms with van der Waals surface area (Å²) in [5, 5.41) is 14.3. The van der Waals surface area contributed by atoms with E-state index in [9.17, 15) is 9.59 Å². The minimum Gasteiger partial charge on any atom is -0.349 e. The van der Waals surface area contributed by atoms with Gasteiger partial charge in [-0.15, -0.1) is 10.2 Å². The molecule has 144 valence electrons. The first-order valence-corrected chi connectivity index (χ1v) is 9.63. The Morgan fingerprint density at radius 1 is 1.04 bits per heavy atom. The molecule has 0 unspecified atom stereocenters. The summed E-state index contributed by atoms with van der Waals surface area (Å²) in [5.41, 5.74) is 0.952. The van der Waals surface area contributed by atoms with Gasteiger partial charge in [0.1, 0.15) is 5.82 Å². The predicted molar refractivity (Wildman–Crippen MR) is 107 cm³/mol. The van der Waals surface area contributed by atoms with Crippen LogP contribution in [0.4, 0.5) is 5.82 Å². The summed E-state index contributed by atoms with van der Waals surface area (Å²) < 4.78 is 1.77. The lowest BCUT2D eigenvalue weighted by atomic mass is 10.1. The van der Waals surface area contributed by atoms with Gasteiger partial charge in [-0.3, -0.25) is 9.59 Å². The maximum Gasteiger partial charge on any atom is 0.236 e. The molecule has 0 saturated carbocycles. The average Bonchev–Trinajstić information content (AvgIpc) is 3.06. The number of carbonyl (C=O) groups excluding carboxylic acids is 2. The van der Waals surface area contributed by atoms with Crippen LogP contribution < -0.4 is 10.6 Å². The van der Waals surface area contributed by atoms with Gasteiger partial charge in [0.15, 0.2) is 11.0 Å². The van der Waals surface area contributed by atoms with E-state index in [2.05, 4.69) is 25.8 Å². The minimum atomic E-state index is -0.176. The van der Waals surface area contributed by atoms with Crippen LogP contribution >= 0.6 is 11.8 Å². The van der Waals surface area contributed by atoms with E-state index in [1.54, 1.807) is 36.0 Å². The molecule has 2 amide bonds. The number of nitrogens with zero attached hydrogens (tertiary/aromatic N) is 4. The van der Waals surface area contributed by atoms with Crippen LogP contribution in [0.3, 0.4) is 0 Å². The number of rotatable bonds is 8. The second kappa shape index (κ2) is 9.65. The Labute approximate surface area is 166 Å². The van der Waals surface area contributed by atoms with Crippen molar-refractivity contribution >= 4 is 29.4 Å². The number of thioether (sulfide) groups is 1. The molecule has 0 radical (unpaired) electrons. The van der Waals surface area contributed by atoms with E-state index in [4.69, 9.17) is 0 Å². The third-order valence-electron chi connectivity index (χ3n) is 3.84. The number of pyridine rings is 1. The maximum atomic E-state index is 12.1. The number of amides is 2. The quantitative estimate of drug-likeness (QED) is 0.563. The first-order valence-electron chi connectivity index (χ1n) is 8.64. The normalized spacial score (nSPS) is 10.5. The van der Waals surface area contributed by atoms with E-state index < -0.39 is 0 Å². The van der Waals surface area contributed by atoms with Crippen molar-refractivity contribution in [3.8, 4) is 0 Å². The molecular weight excluding hydrogens is 376 g/mol. The number of hydrogen-bond acceptors (Lipinski definition) is 6. The average molecular weight is 396 g/mol. The molecule has 0 fully saturated rings. The molecule has 2 N–H and O–H groups in total. The molecule has 0 spiro atoms. The second-order valence-electron chi connectivity index (χ2n) is 5.95. The number of aromatic nitrogens is 4. The van der Waals surface area contributed by atoms with Gasteiger partial charge in [-0.2, -0.15) is 0 Å². The molecule has 3 rings (SSSR count). The van der Waals surface area contributed by atoms with Gasteiger partial charge in [-0.1, -0.05) is 48.2 Å². The zero-order valence-corrected chi connectivity index (χ0v) is 16.1. The van der Waals surface area contributed by atoms with Crippen molar-refractivity contribution in [2.75, 3.05) is 11.1 Å². The zero-order chi connectivity index (χ0) is 19.8. The van der Waals surface area contributed by atoms with Gasteiger partial charge < -0.3 is 15.2 Å². The van der Waals surface area contributed by atoms with Crippen molar-refractivity contribution < 1.29 is 9.59 Å². The van der Waals surface area contributed by atoms with Gasteiger partial charge in [0.25, 0.3) is 0 Å². The predicted octanol–water partition coefficient (Wildman–Crippen LogP) is 1.80. The second-order valence-corrected chi connectivity index (χ2v) is 6.89. The maximum absolute atomic E-state index is 12.1. The van der Waals surface area contributed by atoms with Crippen LogP contribution in [-0.2, 0) is 29.6 Å². The molecule has 28 heavy (non-hydrogen) atoms. The molecule has 3 aromatic rings. The van der Waals surface area contributed by atoms with E-state index in [1.165, 1.54) is 11.8 Å². The Bertz CT molecular complexity index is 855. The van der Waals surface area contributed by atoms with E-state index in [-0.39, 0.29) is 24.1 Å². The highest BCUT2D eigenvalue weighted by Gasteiger charge is 2.13. The first-order chi connectivity index (χ1) is 13.6. The molecule has 0 bridgehead atoms. The topological polar surface area (TPSA) is 102 Å². The SMILES string of the molecule is Cn1c(CNC(=O)Cc2ccccc2)nnc1SCC(=O)Nc1ccccn1. The molecule has 8 nitrogen and oxygen atoms in total. The lowest BCUT2D eigenvalue weighted by molar-refractivity contribution is -0.120. The van der Waals surface area contributed by atoms with Gasteiger partial charge >= 0.3 is 0 Å². The highest BCUT2D eigenvalue weighted by Crippen LogP contribution is 2.16. The molecule has 0 saturated heterocycles. The smallest absolute Gasteiger partial charge is 0.236 e. The number of nitrogens with one attached hydrogen (secondary N) is 2. The third kappa shape index (κ3) is 5.65. The first kappa shape index (κ1) is 19.6. The monoisotopic (exact) mass is 396 g/mol. The summed E-state index contributed by atoms with van der Waals surface area (Å²) in [4.78, 5) is 28.1. The van der Waals surface area contributed by atoms with E-state index in [0.29, 0.717) is 23.2 Å². The third-order valence-corrected chi connectivity index (χ3v) is 4.86. The van der Waals surface area contributed by atoms with Crippen LogP contribution in [-0.4, -0.2) is 37.3 Å². The number of carbonyl (C=O) groups is 2. The molecule has 0 aliphatic heterocycles. The van der Waals surface area contributed by atoms with Crippen molar-refractivity contribution in [2.45, 2.75) is 18.1 Å². The standard InChI is InChI=1S/C19H20N6O2S/c1-25-16(12-21-17(26)11-14-7-3-2-4-8-14)23-24-19(25)28-13-18(27)22-15-9-5-6-10-20-15/h2-10H,11-13H2,1H3,(H,21,26)(H,20,22,27). The van der Waals surface area contributed by atoms with Crippen LogP contribution in [0.5, 0.6) is 0 Å². The molecule has 0 atom stereocenters. The molecule has 2 heterocycles. The molecule has 2 aromatic heterocycles. The van der Waals surface area contributed by atoms with Crippen LogP contribution in [0.2, 0.25) is 0 Å². The van der Waals surface area contributed by atoms with Gasteiger partial charge in [0.2, 0.25) is 11.8 Å². The molecular formula is C19H20N6O2S. The van der Waals surface area contributed by atoms with Gasteiger partial charge in [0, 0.05) is 13.2 Å². The van der Waals surface area contributed by atoms with Crippen molar-refractivity contribution in [1.29, 1.82) is 0 Å². The van der Waals surface area contributed by atoms with Crippen molar-refractivity contribution in [2.24, 2.45) is 7.05 Å². The fourth-order valence-corrected chi connectivity index (χ4v) is 3.12. The highest BCUT2D eigenvalue weighted by atomic mass is 32.2. The van der Waals surface area contributed by atoms with Crippen molar-refractivity contribution in [3.63, 3.8) is 0 Å². The van der Waals surface area contributed by atoms with Gasteiger partial charge in [-0.05, 0) is 17.7 Å². The summed E-state index contributed by atoms with van der Waals surface area (Å²) in [5.74, 6) is 1.05.